The maximum Gasteiger partial charge on any atom is 0.125 e. The standard InChI is InChI=1S/C13H21NO2/c1-9-8-12(14(4)6-7-15)10(2)11(3)13(9)16-5/h8,15H,6-7H2,1-5H3. The number of hydrogen-bond acceptors (Lipinski definition) is 3. The molecule has 0 spiro atoms. The SMILES string of the molecule is COc1c(C)cc(N(C)CCO)c(C)c1C. The molecule has 0 aromatic heterocycles. The van der Waals surface area contributed by atoms with Crippen LogP contribution in [0.3, 0.4) is 0 Å². The molecule has 0 radical (unpaired) electrons. The van der Waals surface area contributed by atoms with Gasteiger partial charge in [-0.2, -0.15) is 0 Å². The van der Waals surface area contributed by atoms with Gasteiger partial charge < -0.3 is 14.7 Å². The lowest BCUT2D eigenvalue weighted by Crippen LogP contribution is -2.22. The minimum absolute atomic E-state index is 0.167. The summed E-state index contributed by atoms with van der Waals surface area (Å²) in [4.78, 5) is 2.06. The van der Waals surface area contributed by atoms with E-state index < -0.39 is 0 Å². The Balaban J connectivity index is 3.22. The van der Waals surface area contributed by atoms with Gasteiger partial charge in [0.15, 0.2) is 0 Å². The van der Waals surface area contributed by atoms with Crippen molar-refractivity contribution in [2.75, 3.05) is 32.2 Å². The second-order valence-corrected chi connectivity index (χ2v) is 4.14. The van der Waals surface area contributed by atoms with E-state index in [0.717, 1.165) is 17.0 Å². The van der Waals surface area contributed by atoms with Gasteiger partial charge in [0.1, 0.15) is 5.75 Å². The molecule has 0 aliphatic heterocycles. The monoisotopic (exact) mass is 223 g/mol. The van der Waals surface area contributed by atoms with Gasteiger partial charge in [0.05, 0.1) is 13.7 Å². The Morgan fingerprint density at radius 1 is 1.25 bits per heavy atom. The number of anilines is 1. The molecule has 3 heteroatoms. The molecule has 1 aromatic rings. The van der Waals surface area contributed by atoms with Gasteiger partial charge in [0, 0.05) is 19.3 Å². The van der Waals surface area contributed by atoms with Crippen LogP contribution in [-0.2, 0) is 0 Å². The number of aliphatic hydroxyl groups excluding tert-OH is 1. The van der Waals surface area contributed by atoms with Gasteiger partial charge in [0.2, 0.25) is 0 Å². The molecule has 0 saturated heterocycles. The Kier molecular flexibility index (Phi) is 4.19. The largest absolute Gasteiger partial charge is 0.496 e. The molecular formula is C13H21NO2. The van der Waals surface area contributed by atoms with E-state index in [0.29, 0.717) is 6.54 Å². The molecule has 0 unspecified atom stereocenters. The summed E-state index contributed by atoms with van der Waals surface area (Å²) < 4.78 is 5.38. The zero-order valence-electron chi connectivity index (χ0n) is 10.8. The molecular weight excluding hydrogens is 202 g/mol. The quantitative estimate of drug-likeness (QED) is 0.848. The number of aliphatic hydroxyl groups is 1. The van der Waals surface area contributed by atoms with E-state index in [9.17, 15) is 0 Å². The fraction of sp³-hybridized carbons (Fsp3) is 0.538. The minimum Gasteiger partial charge on any atom is -0.496 e. The molecule has 1 N–H and O–H groups in total. The summed E-state index contributed by atoms with van der Waals surface area (Å²) in [5.41, 5.74) is 4.66. The molecule has 0 heterocycles. The van der Waals surface area contributed by atoms with Crippen molar-refractivity contribution in [1.82, 2.24) is 0 Å². The highest BCUT2D eigenvalue weighted by molar-refractivity contribution is 5.62. The first kappa shape index (κ1) is 12.8. The van der Waals surface area contributed by atoms with Crippen molar-refractivity contribution >= 4 is 5.69 Å². The average Bonchev–Trinajstić information content (AvgIpc) is 2.24. The molecule has 0 bridgehead atoms. The van der Waals surface area contributed by atoms with Crippen molar-refractivity contribution in [1.29, 1.82) is 0 Å². The first-order valence-corrected chi connectivity index (χ1v) is 5.49. The lowest BCUT2D eigenvalue weighted by atomic mass is 10.0. The molecule has 3 nitrogen and oxygen atoms in total. The first-order chi connectivity index (χ1) is 7.52. The van der Waals surface area contributed by atoms with Crippen LogP contribution in [0.4, 0.5) is 5.69 Å². The second-order valence-electron chi connectivity index (χ2n) is 4.14. The highest BCUT2D eigenvalue weighted by atomic mass is 16.5. The number of benzene rings is 1. The second kappa shape index (κ2) is 5.21. The number of hydrogen-bond donors (Lipinski definition) is 1. The van der Waals surface area contributed by atoms with Crippen LogP contribution in [0, 0.1) is 20.8 Å². The molecule has 0 aliphatic rings. The predicted molar refractivity (Wildman–Crippen MR) is 67.6 cm³/mol. The first-order valence-electron chi connectivity index (χ1n) is 5.49. The lowest BCUT2D eigenvalue weighted by Gasteiger charge is -2.23. The van der Waals surface area contributed by atoms with Crippen LogP contribution in [0.5, 0.6) is 5.75 Å². The Hall–Kier alpha value is -1.22. The van der Waals surface area contributed by atoms with Crippen molar-refractivity contribution in [2.45, 2.75) is 20.8 Å². The highest BCUT2D eigenvalue weighted by Gasteiger charge is 2.12. The van der Waals surface area contributed by atoms with Gasteiger partial charge in [-0.05, 0) is 43.5 Å². The van der Waals surface area contributed by atoms with E-state index in [4.69, 9.17) is 9.84 Å². The van der Waals surface area contributed by atoms with Gasteiger partial charge in [-0.25, -0.2) is 0 Å². The summed E-state index contributed by atoms with van der Waals surface area (Å²) in [6.07, 6.45) is 0. The maximum atomic E-state index is 8.96. The Morgan fingerprint density at radius 3 is 2.38 bits per heavy atom. The third-order valence-corrected chi connectivity index (χ3v) is 3.05. The van der Waals surface area contributed by atoms with Gasteiger partial charge in [-0.3, -0.25) is 0 Å². The Bertz CT molecular complexity index is 375. The summed E-state index contributed by atoms with van der Waals surface area (Å²) in [5.74, 6) is 0.957. The number of rotatable bonds is 4. The van der Waals surface area contributed by atoms with E-state index in [1.54, 1.807) is 7.11 Å². The van der Waals surface area contributed by atoms with E-state index >= 15 is 0 Å². The molecule has 0 saturated carbocycles. The van der Waals surface area contributed by atoms with E-state index in [1.807, 2.05) is 14.0 Å². The van der Waals surface area contributed by atoms with Gasteiger partial charge in [-0.15, -0.1) is 0 Å². The van der Waals surface area contributed by atoms with Gasteiger partial charge in [0.25, 0.3) is 0 Å². The number of aryl methyl sites for hydroxylation is 1. The number of methoxy groups -OCH3 is 1. The number of likely N-dealkylation sites (N-methyl/N-ethyl adjacent to an activating group) is 1. The summed E-state index contributed by atoms with van der Waals surface area (Å²) in [6, 6.07) is 2.11. The third-order valence-electron chi connectivity index (χ3n) is 3.05. The van der Waals surface area contributed by atoms with Crippen LogP contribution in [0.1, 0.15) is 16.7 Å². The van der Waals surface area contributed by atoms with Gasteiger partial charge in [-0.1, -0.05) is 0 Å². The van der Waals surface area contributed by atoms with E-state index in [-0.39, 0.29) is 6.61 Å². The number of ether oxygens (including phenoxy) is 1. The minimum atomic E-state index is 0.167. The summed E-state index contributed by atoms with van der Waals surface area (Å²) in [7, 11) is 3.69. The number of nitrogens with zero attached hydrogens (tertiary/aromatic N) is 1. The summed E-state index contributed by atoms with van der Waals surface area (Å²) in [5, 5.41) is 8.96. The van der Waals surface area contributed by atoms with Crippen molar-refractivity contribution in [3.8, 4) is 5.75 Å². The predicted octanol–water partition coefficient (Wildman–Crippen LogP) is 2.05. The molecule has 0 fully saturated rings. The summed E-state index contributed by atoms with van der Waals surface area (Å²) in [6.45, 7) is 7.01. The Morgan fingerprint density at radius 2 is 1.88 bits per heavy atom. The zero-order chi connectivity index (χ0) is 12.3. The zero-order valence-corrected chi connectivity index (χ0v) is 10.8. The van der Waals surface area contributed by atoms with Crippen LogP contribution in [0.15, 0.2) is 6.07 Å². The Labute approximate surface area is 97.7 Å². The van der Waals surface area contributed by atoms with Crippen molar-refractivity contribution in [2.24, 2.45) is 0 Å². The summed E-state index contributed by atoms with van der Waals surface area (Å²) >= 11 is 0. The fourth-order valence-electron chi connectivity index (χ4n) is 2.02. The lowest BCUT2D eigenvalue weighted by molar-refractivity contribution is 0.304. The molecule has 0 atom stereocenters. The van der Waals surface area contributed by atoms with Crippen LogP contribution in [0.25, 0.3) is 0 Å². The van der Waals surface area contributed by atoms with Crippen molar-refractivity contribution in [3.05, 3.63) is 22.8 Å². The smallest absolute Gasteiger partial charge is 0.125 e. The fourth-order valence-corrected chi connectivity index (χ4v) is 2.02. The normalized spacial score (nSPS) is 10.4. The van der Waals surface area contributed by atoms with Crippen molar-refractivity contribution in [3.63, 3.8) is 0 Å². The maximum absolute atomic E-state index is 8.96. The molecule has 0 aliphatic carbocycles. The van der Waals surface area contributed by atoms with Crippen LogP contribution >= 0.6 is 0 Å². The highest BCUT2D eigenvalue weighted by Crippen LogP contribution is 2.32. The van der Waals surface area contributed by atoms with Crippen LogP contribution < -0.4 is 9.64 Å². The topological polar surface area (TPSA) is 32.7 Å². The molecule has 1 rings (SSSR count). The van der Waals surface area contributed by atoms with Gasteiger partial charge >= 0.3 is 0 Å². The van der Waals surface area contributed by atoms with Crippen LogP contribution in [0.2, 0.25) is 0 Å². The molecule has 0 amide bonds. The molecule has 16 heavy (non-hydrogen) atoms. The van der Waals surface area contributed by atoms with Crippen molar-refractivity contribution < 1.29 is 9.84 Å². The third kappa shape index (κ3) is 2.30. The van der Waals surface area contributed by atoms with Crippen LogP contribution in [-0.4, -0.2) is 32.4 Å². The molecule has 90 valence electrons. The molecule has 1 aromatic carbocycles. The van der Waals surface area contributed by atoms with E-state index in [1.165, 1.54) is 11.1 Å². The average molecular weight is 223 g/mol. The van der Waals surface area contributed by atoms with E-state index in [2.05, 4.69) is 24.8 Å².